The molecule has 122 valence electrons. The Morgan fingerprint density at radius 1 is 0.958 bits per heavy atom. The average Bonchev–Trinajstić information content (AvgIpc) is 2.54. The van der Waals surface area contributed by atoms with E-state index in [0.29, 0.717) is 10.5 Å². The van der Waals surface area contributed by atoms with Gasteiger partial charge in [0.05, 0.1) is 23.1 Å². The van der Waals surface area contributed by atoms with Crippen LogP contribution in [-0.2, 0) is 12.6 Å². The van der Waals surface area contributed by atoms with Gasteiger partial charge in [-0.15, -0.1) is 0 Å². The Bertz CT molecular complexity index is 908. The van der Waals surface area contributed by atoms with Gasteiger partial charge in [0.1, 0.15) is 0 Å². The maximum Gasteiger partial charge on any atom is 0.435 e. The molecular weight excluding hydrogens is 341 g/mol. The molecule has 2 aromatic carbocycles. The zero-order valence-corrected chi connectivity index (χ0v) is 12.9. The van der Waals surface area contributed by atoms with Crippen LogP contribution in [0.4, 0.5) is 13.2 Å². The van der Waals surface area contributed by atoms with Gasteiger partial charge in [0, 0.05) is 10.6 Å². The summed E-state index contributed by atoms with van der Waals surface area (Å²) in [6, 6.07) is 12.2. The predicted molar refractivity (Wildman–Crippen MR) is 84.0 cm³/mol. The van der Waals surface area contributed by atoms with E-state index in [4.69, 9.17) is 11.6 Å². The number of alkyl halides is 3. The molecule has 0 aliphatic rings. The summed E-state index contributed by atoms with van der Waals surface area (Å²) < 4.78 is 39.8. The molecule has 3 aromatic rings. The smallest absolute Gasteiger partial charge is 0.294 e. The standard InChI is InChI=1S/C17H10ClF3N2O/c18-11-7-5-10(6-8-11)15(24)9-14-16(17(19,20)21)23-13-4-2-1-3-12(13)22-14/h1-8H,9H2. The number of aromatic nitrogens is 2. The molecule has 0 fully saturated rings. The molecule has 0 unspecified atom stereocenters. The summed E-state index contributed by atoms with van der Waals surface area (Å²) in [7, 11) is 0. The number of carbonyl (C=O) groups excluding carboxylic acids is 1. The Morgan fingerprint density at radius 2 is 1.54 bits per heavy atom. The lowest BCUT2D eigenvalue weighted by atomic mass is 10.0. The Balaban J connectivity index is 2.03. The number of hydrogen-bond donors (Lipinski definition) is 0. The van der Waals surface area contributed by atoms with Crippen LogP contribution in [-0.4, -0.2) is 15.8 Å². The van der Waals surface area contributed by atoms with Crippen molar-refractivity contribution in [1.82, 2.24) is 9.97 Å². The molecule has 0 aliphatic heterocycles. The minimum Gasteiger partial charge on any atom is -0.294 e. The van der Waals surface area contributed by atoms with Crippen molar-refractivity contribution in [2.24, 2.45) is 0 Å². The lowest BCUT2D eigenvalue weighted by molar-refractivity contribution is -0.141. The minimum atomic E-state index is -4.69. The Kier molecular flexibility index (Phi) is 4.24. The topological polar surface area (TPSA) is 42.9 Å². The average molecular weight is 351 g/mol. The number of fused-ring (bicyclic) bond motifs is 1. The zero-order valence-electron chi connectivity index (χ0n) is 12.1. The summed E-state index contributed by atoms with van der Waals surface area (Å²) in [5, 5.41) is 0.438. The fourth-order valence-corrected chi connectivity index (χ4v) is 2.40. The van der Waals surface area contributed by atoms with E-state index in [-0.39, 0.29) is 16.8 Å². The van der Waals surface area contributed by atoms with Crippen LogP contribution in [0.25, 0.3) is 11.0 Å². The van der Waals surface area contributed by atoms with Crippen LogP contribution in [0.3, 0.4) is 0 Å². The number of hydrogen-bond acceptors (Lipinski definition) is 3. The Morgan fingerprint density at radius 3 is 2.12 bits per heavy atom. The van der Waals surface area contributed by atoms with Crippen molar-refractivity contribution in [3.05, 3.63) is 70.5 Å². The highest BCUT2D eigenvalue weighted by Crippen LogP contribution is 2.31. The quantitative estimate of drug-likeness (QED) is 0.641. The number of halogens is 4. The lowest BCUT2D eigenvalue weighted by Crippen LogP contribution is -2.17. The fourth-order valence-electron chi connectivity index (χ4n) is 2.28. The van der Waals surface area contributed by atoms with Gasteiger partial charge < -0.3 is 0 Å². The van der Waals surface area contributed by atoms with Crippen LogP contribution in [0.1, 0.15) is 21.7 Å². The first-order valence-corrected chi connectivity index (χ1v) is 7.34. The number of rotatable bonds is 3. The minimum absolute atomic E-state index is 0.132. The molecular formula is C17H10ClF3N2O. The Hall–Kier alpha value is -2.47. The lowest BCUT2D eigenvalue weighted by Gasteiger charge is -2.12. The van der Waals surface area contributed by atoms with E-state index in [1.807, 2.05) is 0 Å². The molecule has 3 nitrogen and oxygen atoms in total. The number of benzene rings is 2. The third-order valence-corrected chi connectivity index (χ3v) is 3.66. The summed E-state index contributed by atoms with van der Waals surface area (Å²) in [4.78, 5) is 19.9. The molecule has 24 heavy (non-hydrogen) atoms. The third kappa shape index (κ3) is 3.38. The maximum absolute atomic E-state index is 13.3. The number of Topliss-reactive ketones (excluding diaryl/α,β-unsaturated/α-hetero) is 1. The molecule has 0 saturated heterocycles. The van der Waals surface area contributed by atoms with E-state index >= 15 is 0 Å². The molecule has 0 radical (unpaired) electrons. The molecule has 0 N–H and O–H groups in total. The predicted octanol–water partition coefficient (Wildman–Crippen LogP) is 4.73. The van der Waals surface area contributed by atoms with Crippen LogP contribution < -0.4 is 0 Å². The van der Waals surface area contributed by atoms with Crippen molar-refractivity contribution in [2.45, 2.75) is 12.6 Å². The van der Waals surface area contributed by atoms with Crippen molar-refractivity contribution in [3.63, 3.8) is 0 Å². The van der Waals surface area contributed by atoms with E-state index in [1.165, 1.54) is 30.3 Å². The van der Waals surface area contributed by atoms with Crippen LogP contribution in [0.2, 0.25) is 5.02 Å². The molecule has 0 atom stereocenters. The fraction of sp³-hybridized carbons (Fsp3) is 0.118. The van der Waals surface area contributed by atoms with Crippen molar-refractivity contribution in [2.75, 3.05) is 0 Å². The summed E-state index contributed by atoms with van der Waals surface area (Å²) in [5.41, 5.74) is -0.816. The summed E-state index contributed by atoms with van der Waals surface area (Å²) in [6.07, 6.45) is -5.18. The largest absolute Gasteiger partial charge is 0.435 e. The highest BCUT2D eigenvalue weighted by Gasteiger charge is 2.37. The van der Waals surface area contributed by atoms with E-state index in [2.05, 4.69) is 9.97 Å². The maximum atomic E-state index is 13.3. The van der Waals surface area contributed by atoms with E-state index in [0.717, 1.165) is 0 Å². The highest BCUT2D eigenvalue weighted by atomic mass is 35.5. The number of para-hydroxylation sites is 2. The molecule has 1 heterocycles. The van der Waals surface area contributed by atoms with Crippen LogP contribution in [0.5, 0.6) is 0 Å². The third-order valence-electron chi connectivity index (χ3n) is 3.41. The van der Waals surface area contributed by atoms with Crippen molar-refractivity contribution in [1.29, 1.82) is 0 Å². The van der Waals surface area contributed by atoms with Crippen molar-refractivity contribution in [3.8, 4) is 0 Å². The summed E-state index contributed by atoms with van der Waals surface area (Å²) in [5.74, 6) is -0.484. The second-order valence-corrected chi connectivity index (χ2v) is 5.55. The van der Waals surface area contributed by atoms with E-state index < -0.39 is 24.1 Å². The van der Waals surface area contributed by atoms with Gasteiger partial charge in [-0.25, -0.2) is 9.97 Å². The van der Waals surface area contributed by atoms with Crippen molar-refractivity contribution < 1.29 is 18.0 Å². The van der Waals surface area contributed by atoms with Gasteiger partial charge in [0.25, 0.3) is 0 Å². The normalized spacial score (nSPS) is 11.7. The summed E-state index contributed by atoms with van der Waals surface area (Å²) in [6.45, 7) is 0. The van der Waals surface area contributed by atoms with Gasteiger partial charge in [0.15, 0.2) is 11.5 Å². The first kappa shape index (κ1) is 16.4. The van der Waals surface area contributed by atoms with Crippen LogP contribution >= 0.6 is 11.6 Å². The number of ketones is 1. The molecule has 0 bridgehead atoms. The molecule has 0 saturated carbocycles. The second kappa shape index (κ2) is 6.20. The first-order chi connectivity index (χ1) is 11.3. The molecule has 0 spiro atoms. The van der Waals surface area contributed by atoms with Gasteiger partial charge in [-0.2, -0.15) is 13.2 Å². The molecule has 7 heteroatoms. The van der Waals surface area contributed by atoms with Gasteiger partial charge in [-0.1, -0.05) is 23.7 Å². The molecule has 3 rings (SSSR count). The van der Waals surface area contributed by atoms with Gasteiger partial charge in [-0.3, -0.25) is 4.79 Å². The SMILES string of the molecule is O=C(Cc1nc2ccccc2nc1C(F)(F)F)c1ccc(Cl)cc1. The van der Waals surface area contributed by atoms with Crippen molar-refractivity contribution >= 4 is 28.4 Å². The zero-order chi connectivity index (χ0) is 17.3. The monoisotopic (exact) mass is 350 g/mol. The number of nitrogens with zero attached hydrogens (tertiary/aromatic N) is 2. The summed E-state index contributed by atoms with van der Waals surface area (Å²) >= 11 is 5.74. The van der Waals surface area contributed by atoms with Gasteiger partial charge >= 0.3 is 6.18 Å². The van der Waals surface area contributed by atoms with Gasteiger partial charge in [-0.05, 0) is 36.4 Å². The van der Waals surface area contributed by atoms with Crippen LogP contribution in [0, 0.1) is 0 Å². The van der Waals surface area contributed by atoms with E-state index in [1.54, 1.807) is 18.2 Å². The van der Waals surface area contributed by atoms with Crippen LogP contribution in [0.15, 0.2) is 48.5 Å². The van der Waals surface area contributed by atoms with E-state index in [9.17, 15) is 18.0 Å². The second-order valence-electron chi connectivity index (χ2n) is 5.11. The first-order valence-electron chi connectivity index (χ1n) is 6.96. The molecule has 0 amide bonds. The van der Waals surface area contributed by atoms with Gasteiger partial charge in [0.2, 0.25) is 0 Å². The Labute approximate surface area is 140 Å². The highest BCUT2D eigenvalue weighted by molar-refractivity contribution is 6.30. The molecule has 0 aliphatic carbocycles. The molecule has 1 aromatic heterocycles. The number of carbonyl (C=O) groups is 1.